The van der Waals surface area contributed by atoms with Gasteiger partial charge in [-0.25, -0.2) is 0 Å². The normalized spacial score (nSPS) is 13.3. The minimum atomic E-state index is -1.64. The number of carboxylic acids is 1. The van der Waals surface area contributed by atoms with Gasteiger partial charge in [0.2, 0.25) is 0 Å². The van der Waals surface area contributed by atoms with E-state index < -0.39 is 24.3 Å². The molecule has 9 nitrogen and oxygen atoms in total. The van der Waals surface area contributed by atoms with Crippen LogP contribution in [-0.4, -0.2) is 82.3 Å². The maximum atomic E-state index is 13.0. The Kier molecular flexibility index (Phi) is 77.4. The van der Waals surface area contributed by atoms with Crippen LogP contribution in [0, 0.1) is 0 Å². The SMILES string of the molecule is CC/C=C\C/C=C\C/C=C\C/C=C\C/C=C\C/C=C\C/C=C\C/C=C\C/C=C\C/C=C\C/C=C\CCCCCC(=O)OC(COC(=O)CCCCCCCCCCCCCCCCCCCCCCCCCCCCCCCCCCCCCCCCC)COC(OCC[N+](C)(C)C)C(=O)[O-]. The fraction of sp³-hybridized carbons (Fsp3) is 0.728. The molecule has 101 heavy (non-hydrogen) atoms. The minimum absolute atomic E-state index is 0.136. The molecule has 0 radical (unpaired) electrons. The molecule has 0 heterocycles. The van der Waals surface area contributed by atoms with Gasteiger partial charge < -0.3 is 33.3 Å². The summed E-state index contributed by atoms with van der Waals surface area (Å²) >= 11 is 0. The van der Waals surface area contributed by atoms with Crippen molar-refractivity contribution in [3.63, 3.8) is 0 Å². The van der Waals surface area contributed by atoms with Crippen molar-refractivity contribution in [3.05, 3.63) is 134 Å². The quantitative estimate of drug-likeness (QED) is 0.0195. The number of ether oxygens (including phenoxy) is 4. The highest BCUT2D eigenvalue weighted by Crippen LogP contribution is 2.19. The maximum absolute atomic E-state index is 13.0. The summed E-state index contributed by atoms with van der Waals surface area (Å²) in [6.07, 6.45) is 115. The molecule has 0 fully saturated rings. The third-order valence-corrected chi connectivity index (χ3v) is 18.4. The topological polar surface area (TPSA) is 111 Å². The van der Waals surface area contributed by atoms with E-state index in [1.165, 1.54) is 231 Å². The number of aliphatic carboxylic acids is 1. The lowest BCUT2D eigenvalue weighted by molar-refractivity contribution is -0.870. The predicted molar refractivity (Wildman–Crippen MR) is 435 cm³/mol. The van der Waals surface area contributed by atoms with E-state index in [2.05, 4.69) is 148 Å². The summed E-state index contributed by atoms with van der Waals surface area (Å²) in [5.41, 5.74) is 0. The van der Waals surface area contributed by atoms with Crippen LogP contribution in [0.25, 0.3) is 0 Å². The summed E-state index contributed by atoms with van der Waals surface area (Å²) in [5.74, 6) is -2.32. The lowest BCUT2D eigenvalue weighted by Gasteiger charge is -2.26. The van der Waals surface area contributed by atoms with E-state index in [1.54, 1.807) is 0 Å². The Bertz CT molecular complexity index is 2130. The molecule has 0 N–H and O–H groups in total. The first kappa shape index (κ1) is 96.4. The van der Waals surface area contributed by atoms with Gasteiger partial charge in [-0.05, 0) is 96.3 Å². The fourth-order valence-electron chi connectivity index (χ4n) is 12.0. The highest BCUT2D eigenvalue weighted by atomic mass is 16.7. The van der Waals surface area contributed by atoms with Crippen LogP contribution in [0.15, 0.2) is 134 Å². The number of allylic oxidation sites excluding steroid dienone is 22. The van der Waals surface area contributed by atoms with Crippen LogP contribution in [0.4, 0.5) is 0 Å². The number of carboxylic acid groups (broad SMARTS) is 1. The predicted octanol–water partition coefficient (Wildman–Crippen LogP) is 26.3. The van der Waals surface area contributed by atoms with E-state index in [1.807, 2.05) is 21.1 Å². The third kappa shape index (κ3) is 82.6. The lowest BCUT2D eigenvalue weighted by atomic mass is 10.0. The van der Waals surface area contributed by atoms with Gasteiger partial charge >= 0.3 is 11.9 Å². The van der Waals surface area contributed by atoms with Gasteiger partial charge in [0, 0.05) is 12.8 Å². The van der Waals surface area contributed by atoms with E-state index in [-0.39, 0.29) is 38.6 Å². The largest absolute Gasteiger partial charge is 0.545 e. The van der Waals surface area contributed by atoms with Crippen LogP contribution in [0.1, 0.15) is 373 Å². The van der Waals surface area contributed by atoms with Gasteiger partial charge in [-0.2, -0.15) is 0 Å². The van der Waals surface area contributed by atoms with Crippen molar-refractivity contribution in [2.45, 2.75) is 386 Å². The van der Waals surface area contributed by atoms with Gasteiger partial charge in [0.1, 0.15) is 13.2 Å². The standard InChI is InChI=1S/C92H159NO8/c1-6-8-10-12-14-16-18-20-22-24-26-28-30-32-34-36-38-40-42-44-45-47-48-50-52-54-56-58-60-62-64-66-68-70-72-74-76-78-80-82-89(94)99-86-88(87-100-92(91(96)97)98-85-84-93(3,4)5)101-90(95)83-81-79-77-75-73-71-69-67-65-63-61-59-57-55-53-51-49-46-43-41-39-37-35-33-31-29-27-25-23-21-19-17-15-13-11-9-7-2/h9,11,15,17,21,23,27,29,33,35,39,41,46,49,53,55,59,61,65,67,71,73,88,92H,6-8,10,12-14,16,18-20,22,24-26,28,30-32,34,36-38,40,42-45,47-48,50-52,54,56-58,60,62-64,66,68-70,72,74-87H2,1-5H3/b11-9-,17-15-,23-21-,29-27-,35-33-,41-39-,49-46-,55-53-,61-59-,67-65-,73-71-. The molecule has 0 aromatic heterocycles. The van der Waals surface area contributed by atoms with E-state index in [4.69, 9.17) is 18.9 Å². The van der Waals surface area contributed by atoms with Crippen LogP contribution >= 0.6 is 0 Å². The summed E-state index contributed by atoms with van der Waals surface area (Å²) in [4.78, 5) is 37.6. The second-order valence-corrected chi connectivity index (χ2v) is 29.4. The summed E-state index contributed by atoms with van der Waals surface area (Å²) in [5, 5.41) is 11.9. The zero-order valence-corrected chi connectivity index (χ0v) is 66.5. The van der Waals surface area contributed by atoms with Gasteiger partial charge in [-0.3, -0.25) is 9.59 Å². The van der Waals surface area contributed by atoms with Crippen molar-refractivity contribution in [2.75, 3.05) is 47.5 Å². The number of rotatable bonds is 78. The first-order valence-electron chi connectivity index (χ1n) is 42.3. The number of carbonyl (C=O) groups excluding carboxylic acids is 3. The van der Waals surface area contributed by atoms with E-state index in [0.29, 0.717) is 17.4 Å². The number of likely N-dealkylation sites (N-methyl/N-ethyl adjacent to an activating group) is 1. The number of hydrogen-bond acceptors (Lipinski definition) is 8. The molecule has 0 aliphatic carbocycles. The molecule has 580 valence electrons. The Labute approximate surface area is 624 Å². The van der Waals surface area contributed by atoms with Crippen molar-refractivity contribution in [2.24, 2.45) is 0 Å². The highest BCUT2D eigenvalue weighted by molar-refractivity contribution is 5.70. The summed E-state index contributed by atoms with van der Waals surface area (Å²) in [6, 6.07) is 0. The number of hydrogen-bond donors (Lipinski definition) is 0. The van der Waals surface area contributed by atoms with Gasteiger partial charge in [0.15, 0.2) is 12.4 Å². The molecule has 0 bridgehead atoms. The summed E-state index contributed by atoms with van der Waals surface area (Å²) in [7, 11) is 5.92. The Morgan fingerprint density at radius 3 is 0.842 bits per heavy atom. The van der Waals surface area contributed by atoms with Crippen molar-refractivity contribution in [1.82, 2.24) is 0 Å². The van der Waals surface area contributed by atoms with Crippen LogP contribution < -0.4 is 5.11 Å². The zero-order chi connectivity index (χ0) is 73.2. The molecule has 0 spiro atoms. The maximum Gasteiger partial charge on any atom is 0.306 e. The van der Waals surface area contributed by atoms with Crippen LogP contribution in [0.2, 0.25) is 0 Å². The van der Waals surface area contributed by atoms with Crippen molar-refractivity contribution >= 4 is 17.9 Å². The molecule has 0 rings (SSSR count). The van der Waals surface area contributed by atoms with E-state index in [0.717, 1.165) is 109 Å². The molecule has 0 saturated carbocycles. The molecular weight excluding hydrogens is 1250 g/mol. The highest BCUT2D eigenvalue weighted by Gasteiger charge is 2.22. The summed E-state index contributed by atoms with van der Waals surface area (Å²) in [6.45, 7) is 4.63. The van der Waals surface area contributed by atoms with Gasteiger partial charge in [0.05, 0.1) is 40.3 Å². The van der Waals surface area contributed by atoms with Crippen LogP contribution in [0.3, 0.4) is 0 Å². The fourth-order valence-corrected chi connectivity index (χ4v) is 12.0. The van der Waals surface area contributed by atoms with Crippen molar-refractivity contribution in [3.8, 4) is 0 Å². The molecule has 0 aromatic carbocycles. The van der Waals surface area contributed by atoms with Crippen LogP contribution in [-0.2, 0) is 33.3 Å². The van der Waals surface area contributed by atoms with Crippen LogP contribution in [0.5, 0.6) is 0 Å². The number of esters is 2. The van der Waals surface area contributed by atoms with Crippen molar-refractivity contribution in [1.29, 1.82) is 0 Å². The van der Waals surface area contributed by atoms with Gasteiger partial charge in [0.25, 0.3) is 0 Å². The average Bonchev–Trinajstić information content (AvgIpc) is 1.25. The molecule has 0 saturated heterocycles. The first-order valence-corrected chi connectivity index (χ1v) is 42.3. The molecule has 0 aromatic rings. The van der Waals surface area contributed by atoms with Gasteiger partial charge in [-0.15, -0.1) is 0 Å². The average molecular weight is 1410 g/mol. The number of carbonyl (C=O) groups is 3. The van der Waals surface area contributed by atoms with E-state index in [9.17, 15) is 19.5 Å². The Hall–Kier alpha value is -4.57. The first-order chi connectivity index (χ1) is 49.6. The number of quaternary nitrogens is 1. The summed E-state index contributed by atoms with van der Waals surface area (Å²) < 4.78 is 22.8. The Morgan fingerprint density at radius 1 is 0.307 bits per heavy atom. The molecular formula is C92H159NO8. The smallest absolute Gasteiger partial charge is 0.306 e. The molecule has 0 aliphatic heterocycles. The molecule has 2 atom stereocenters. The molecule has 9 heteroatoms. The minimum Gasteiger partial charge on any atom is -0.545 e. The monoisotopic (exact) mass is 1410 g/mol. The molecule has 0 amide bonds. The Morgan fingerprint density at radius 2 is 0.564 bits per heavy atom. The zero-order valence-electron chi connectivity index (χ0n) is 66.5. The Balaban J connectivity index is 4.07. The van der Waals surface area contributed by atoms with Crippen molar-refractivity contribution < 1.29 is 42.9 Å². The molecule has 0 aliphatic rings. The number of unbranched alkanes of at least 4 members (excludes halogenated alkanes) is 41. The third-order valence-electron chi connectivity index (χ3n) is 18.4. The molecule has 2 unspecified atom stereocenters. The number of nitrogens with zero attached hydrogens (tertiary/aromatic N) is 1. The van der Waals surface area contributed by atoms with E-state index >= 15 is 0 Å². The second kappa shape index (κ2) is 81.1. The second-order valence-electron chi connectivity index (χ2n) is 29.4. The van der Waals surface area contributed by atoms with Gasteiger partial charge in [-0.1, -0.05) is 398 Å². The lowest BCUT2D eigenvalue weighted by Crippen LogP contribution is -2.44.